The number of esters is 1. The molecule has 0 N–H and O–H groups in total. The first-order valence-corrected chi connectivity index (χ1v) is 7.80. The third-order valence-electron chi connectivity index (χ3n) is 6.00. The zero-order chi connectivity index (χ0) is 15.3. The van der Waals surface area contributed by atoms with E-state index in [0.717, 1.165) is 6.42 Å². The van der Waals surface area contributed by atoms with Crippen LogP contribution in [0.4, 0.5) is 0 Å². The number of carbonyl (C=O) groups is 1. The zero-order valence-electron chi connectivity index (χ0n) is 13.3. The summed E-state index contributed by atoms with van der Waals surface area (Å²) in [6.07, 6.45) is 4.49. The predicted octanol–water partition coefficient (Wildman–Crippen LogP) is 4.46. The van der Waals surface area contributed by atoms with Gasteiger partial charge in [0.25, 0.3) is 0 Å². The molecule has 0 amide bonds. The number of carbonyl (C=O) groups excluding carboxylic acids is 1. The monoisotopic (exact) mass is 284 g/mol. The highest BCUT2D eigenvalue weighted by Gasteiger charge is 2.65. The van der Waals surface area contributed by atoms with Crippen molar-refractivity contribution in [3.05, 3.63) is 41.5 Å². The lowest BCUT2D eigenvalue weighted by Crippen LogP contribution is -2.38. The summed E-state index contributed by atoms with van der Waals surface area (Å²) >= 11 is 0. The van der Waals surface area contributed by atoms with Crippen molar-refractivity contribution in [1.29, 1.82) is 0 Å². The second kappa shape index (κ2) is 4.72. The van der Waals surface area contributed by atoms with Crippen LogP contribution in [-0.4, -0.2) is 12.1 Å². The molecular formula is C19H24O2. The van der Waals surface area contributed by atoms with Gasteiger partial charge in [0.15, 0.2) is 0 Å². The van der Waals surface area contributed by atoms with E-state index in [0.29, 0.717) is 5.92 Å². The van der Waals surface area contributed by atoms with Crippen LogP contribution in [0.25, 0.3) is 6.08 Å². The van der Waals surface area contributed by atoms with Gasteiger partial charge in [0.05, 0.1) is 0 Å². The molecule has 0 saturated heterocycles. The lowest BCUT2D eigenvalue weighted by Gasteiger charge is -2.38. The van der Waals surface area contributed by atoms with E-state index in [1.54, 1.807) is 0 Å². The van der Waals surface area contributed by atoms with Crippen LogP contribution >= 0.6 is 0 Å². The topological polar surface area (TPSA) is 26.3 Å². The molecule has 112 valence electrons. The molecule has 2 bridgehead atoms. The molecule has 0 unspecified atom stereocenters. The molecule has 2 fully saturated rings. The molecule has 1 aromatic rings. The van der Waals surface area contributed by atoms with Crippen LogP contribution in [0.1, 0.15) is 46.1 Å². The first-order valence-electron chi connectivity index (χ1n) is 7.80. The average molecular weight is 284 g/mol. The van der Waals surface area contributed by atoms with Gasteiger partial charge < -0.3 is 4.74 Å². The van der Waals surface area contributed by atoms with Crippen molar-refractivity contribution < 1.29 is 9.53 Å². The molecule has 0 spiro atoms. The Kier molecular flexibility index (Phi) is 3.23. The molecule has 21 heavy (non-hydrogen) atoms. The fraction of sp³-hybridized carbons (Fsp3) is 0.526. The summed E-state index contributed by atoms with van der Waals surface area (Å²) in [6.45, 7) is 8.45. The second-order valence-corrected chi connectivity index (χ2v) is 7.27. The molecule has 2 saturated carbocycles. The van der Waals surface area contributed by atoms with Crippen molar-refractivity contribution in [3.8, 4) is 0 Å². The van der Waals surface area contributed by atoms with E-state index in [9.17, 15) is 4.79 Å². The van der Waals surface area contributed by atoms with Crippen LogP contribution in [0.5, 0.6) is 0 Å². The van der Waals surface area contributed by atoms with Crippen molar-refractivity contribution in [1.82, 2.24) is 0 Å². The largest absolute Gasteiger partial charge is 0.457 e. The number of hydrogen-bond acceptors (Lipinski definition) is 2. The maximum absolute atomic E-state index is 11.6. The molecule has 0 aliphatic heterocycles. The summed E-state index contributed by atoms with van der Waals surface area (Å²) < 4.78 is 5.76. The van der Waals surface area contributed by atoms with Crippen LogP contribution in [0, 0.1) is 16.7 Å². The Balaban J connectivity index is 2.06. The first-order chi connectivity index (χ1) is 9.86. The van der Waals surface area contributed by atoms with Gasteiger partial charge in [0.1, 0.15) is 6.10 Å². The van der Waals surface area contributed by atoms with Gasteiger partial charge >= 0.3 is 5.97 Å². The average Bonchev–Trinajstić information content (AvgIpc) is 2.73. The van der Waals surface area contributed by atoms with Crippen LogP contribution in [-0.2, 0) is 9.53 Å². The van der Waals surface area contributed by atoms with Crippen molar-refractivity contribution >= 4 is 12.0 Å². The SMILES string of the molecule is CC(=O)O[C@@H]1/C(=C/c2ccccc2)[C@H]2CC[C@]1(C)C2(C)C. The van der Waals surface area contributed by atoms with Crippen molar-refractivity contribution in [2.45, 2.75) is 46.6 Å². The fourth-order valence-corrected chi connectivity index (χ4v) is 4.41. The number of ether oxygens (including phenoxy) is 1. The van der Waals surface area contributed by atoms with Gasteiger partial charge in [-0.1, -0.05) is 57.2 Å². The van der Waals surface area contributed by atoms with Gasteiger partial charge in [0, 0.05) is 12.3 Å². The van der Waals surface area contributed by atoms with Crippen LogP contribution < -0.4 is 0 Å². The van der Waals surface area contributed by atoms with Gasteiger partial charge in [-0.15, -0.1) is 0 Å². The Morgan fingerprint density at radius 1 is 1.24 bits per heavy atom. The van der Waals surface area contributed by atoms with Crippen molar-refractivity contribution in [2.75, 3.05) is 0 Å². The zero-order valence-corrected chi connectivity index (χ0v) is 13.3. The minimum atomic E-state index is -0.177. The number of hydrogen-bond donors (Lipinski definition) is 0. The number of fused-ring (bicyclic) bond motifs is 2. The Morgan fingerprint density at radius 2 is 1.90 bits per heavy atom. The van der Waals surface area contributed by atoms with Gasteiger partial charge in [-0.2, -0.15) is 0 Å². The molecule has 1 aromatic carbocycles. The standard InChI is InChI=1S/C19H24O2/c1-13(20)21-17-15(12-14-8-6-5-7-9-14)16-10-11-19(17,4)18(16,2)3/h5-9,12,16-17H,10-11H2,1-4H3/b15-12+/t16-,17-,19+/m1/s1. The Bertz CT molecular complexity index is 585. The van der Waals surface area contributed by atoms with E-state index in [-0.39, 0.29) is 22.9 Å². The third kappa shape index (κ3) is 2.04. The highest BCUT2D eigenvalue weighted by atomic mass is 16.5. The number of benzene rings is 1. The third-order valence-corrected chi connectivity index (χ3v) is 6.00. The quantitative estimate of drug-likeness (QED) is 0.750. The van der Waals surface area contributed by atoms with Gasteiger partial charge in [0.2, 0.25) is 0 Å². The molecule has 2 aliphatic carbocycles. The molecule has 2 nitrogen and oxygen atoms in total. The lowest BCUT2D eigenvalue weighted by molar-refractivity contribution is -0.151. The van der Waals surface area contributed by atoms with E-state index in [2.05, 4.69) is 39.0 Å². The number of rotatable bonds is 2. The summed E-state index contributed by atoms with van der Waals surface area (Å²) in [6, 6.07) is 10.3. The first kappa shape index (κ1) is 14.4. The van der Waals surface area contributed by atoms with E-state index >= 15 is 0 Å². The summed E-state index contributed by atoms with van der Waals surface area (Å²) in [5.41, 5.74) is 2.71. The van der Waals surface area contributed by atoms with Crippen LogP contribution in [0.15, 0.2) is 35.9 Å². The van der Waals surface area contributed by atoms with E-state index < -0.39 is 0 Å². The van der Waals surface area contributed by atoms with Gasteiger partial charge in [-0.25, -0.2) is 0 Å². The van der Waals surface area contributed by atoms with Gasteiger partial charge in [-0.05, 0) is 35.3 Å². The summed E-state index contributed by atoms with van der Waals surface area (Å²) in [7, 11) is 0. The van der Waals surface area contributed by atoms with Gasteiger partial charge in [-0.3, -0.25) is 4.79 Å². The summed E-state index contributed by atoms with van der Waals surface area (Å²) in [4.78, 5) is 11.6. The molecule has 2 heteroatoms. The van der Waals surface area contributed by atoms with E-state index in [4.69, 9.17) is 4.74 Å². The van der Waals surface area contributed by atoms with Crippen LogP contribution in [0.3, 0.4) is 0 Å². The van der Waals surface area contributed by atoms with Crippen molar-refractivity contribution in [2.24, 2.45) is 16.7 Å². The maximum atomic E-state index is 11.6. The van der Waals surface area contributed by atoms with Crippen LogP contribution in [0.2, 0.25) is 0 Å². The molecular weight excluding hydrogens is 260 g/mol. The Hall–Kier alpha value is -1.57. The minimum Gasteiger partial charge on any atom is -0.457 e. The molecule has 0 radical (unpaired) electrons. The normalized spacial score (nSPS) is 35.1. The Morgan fingerprint density at radius 3 is 2.52 bits per heavy atom. The smallest absolute Gasteiger partial charge is 0.303 e. The van der Waals surface area contributed by atoms with Crippen molar-refractivity contribution in [3.63, 3.8) is 0 Å². The Labute approximate surface area is 127 Å². The molecule has 0 aromatic heterocycles. The maximum Gasteiger partial charge on any atom is 0.303 e. The summed E-state index contributed by atoms with van der Waals surface area (Å²) in [5, 5.41) is 0. The fourth-order valence-electron chi connectivity index (χ4n) is 4.41. The minimum absolute atomic E-state index is 0.0456. The predicted molar refractivity (Wildman–Crippen MR) is 84.6 cm³/mol. The molecule has 0 heterocycles. The highest BCUT2D eigenvalue weighted by molar-refractivity contribution is 5.68. The highest BCUT2D eigenvalue weighted by Crippen LogP contribution is 2.68. The molecule has 3 rings (SSSR count). The second-order valence-electron chi connectivity index (χ2n) is 7.27. The molecule has 2 aliphatic rings. The summed E-state index contributed by atoms with van der Waals surface area (Å²) in [5.74, 6) is 0.329. The van der Waals surface area contributed by atoms with E-state index in [1.807, 2.05) is 18.2 Å². The lowest BCUT2D eigenvalue weighted by atomic mass is 9.70. The van der Waals surface area contributed by atoms with E-state index in [1.165, 1.54) is 24.5 Å². The molecule has 3 atom stereocenters.